The predicted molar refractivity (Wildman–Crippen MR) is 139 cm³/mol. The van der Waals surface area contributed by atoms with Gasteiger partial charge in [-0.2, -0.15) is 0 Å². The molecule has 0 saturated heterocycles. The molecule has 0 aliphatic heterocycles. The van der Waals surface area contributed by atoms with Crippen LogP contribution in [-0.2, 0) is 34.0 Å². The quantitative estimate of drug-likeness (QED) is 0.240. The summed E-state index contributed by atoms with van der Waals surface area (Å²) in [5.74, 6) is 0. The fourth-order valence-corrected chi connectivity index (χ4v) is 3.87. The first-order chi connectivity index (χ1) is 19.0. The molecule has 1 heterocycles. The van der Waals surface area contributed by atoms with Crippen LogP contribution in [0.5, 0.6) is 0 Å². The molecule has 12 heteroatoms. The number of hydrogen-bond donors (Lipinski definition) is 0. The Morgan fingerprint density at radius 1 is 0.487 bits per heavy atom. The average Bonchev–Trinajstić information content (AvgIpc) is 2.95. The molecule has 4 aromatic rings. The number of carbonyl (C=O) groups excluding carboxylic acids is 3. The lowest BCUT2D eigenvalue weighted by Gasteiger charge is -2.15. The van der Waals surface area contributed by atoms with Crippen molar-refractivity contribution in [3.05, 3.63) is 121 Å². The second-order valence-electron chi connectivity index (χ2n) is 8.08. The zero-order chi connectivity index (χ0) is 27.8. The summed E-state index contributed by atoms with van der Waals surface area (Å²) in [5.41, 5.74) is -0.454. The summed E-state index contributed by atoms with van der Waals surface area (Å²) in [7, 11) is 0. The van der Waals surface area contributed by atoms with Crippen molar-refractivity contribution in [3.8, 4) is 17.1 Å². The van der Waals surface area contributed by atoms with Gasteiger partial charge in [0.25, 0.3) is 0 Å². The van der Waals surface area contributed by atoms with E-state index in [2.05, 4.69) is 15.0 Å². The maximum atomic E-state index is 13.7. The van der Waals surface area contributed by atoms with Crippen molar-refractivity contribution in [1.82, 2.24) is 13.7 Å². The van der Waals surface area contributed by atoms with Crippen molar-refractivity contribution in [3.63, 3.8) is 0 Å². The minimum Gasteiger partial charge on any atom is -0.246 e. The summed E-state index contributed by atoms with van der Waals surface area (Å²) in [6, 6.07) is 18.6. The third kappa shape index (κ3) is 5.64. The molecule has 192 valence electrons. The normalized spacial score (nSPS) is 10.2. The summed E-state index contributed by atoms with van der Waals surface area (Å²) in [5, 5.41) is 0. The first kappa shape index (κ1) is 26.3. The molecular weight excluding hydrogens is 504 g/mol. The van der Waals surface area contributed by atoms with Gasteiger partial charge in [-0.3, -0.25) is 0 Å². The number of aromatic nitrogens is 3. The van der Waals surface area contributed by atoms with E-state index < -0.39 is 17.1 Å². The second kappa shape index (κ2) is 12.0. The smallest absolute Gasteiger partial charge is 0.246 e. The molecule has 0 aliphatic carbocycles. The summed E-state index contributed by atoms with van der Waals surface area (Å²) in [6.45, 7) is 0.118. The predicted octanol–water partition coefficient (Wildman–Crippen LogP) is 1.65. The van der Waals surface area contributed by atoms with Gasteiger partial charge in [0.1, 0.15) is 0 Å². The molecular formula is C27H18N6O6. The number of isocyanates is 3. The molecule has 0 saturated carbocycles. The van der Waals surface area contributed by atoms with Gasteiger partial charge in [-0.1, -0.05) is 36.4 Å². The summed E-state index contributed by atoms with van der Waals surface area (Å²) >= 11 is 0. The maximum Gasteiger partial charge on any atom is 0.345 e. The molecule has 0 unspecified atom stereocenters. The van der Waals surface area contributed by atoms with Crippen LogP contribution in [0.1, 0.15) is 16.7 Å². The second-order valence-corrected chi connectivity index (χ2v) is 8.08. The van der Waals surface area contributed by atoms with Crippen LogP contribution in [0.4, 0.5) is 0 Å². The lowest BCUT2D eigenvalue weighted by atomic mass is 10.2. The van der Waals surface area contributed by atoms with Crippen LogP contribution in [0.3, 0.4) is 0 Å². The molecule has 39 heavy (non-hydrogen) atoms. The topological polar surface area (TPSA) is 154 Å². The Labute approximate surface area is 219 Å². The highest BCUT2D eigenvalue weighted by atomic mass is 16.2. The number of aliphatic imine (C=N–C) groups is 3. The van der Waals surface area contributed by atoms with Gasteiger partial charge in [0.15, 0.2) is 0 Å². The monoisotopic (exact) mass is 522 g/mol. The number of rotatable bonds is 9. The Hall–Kier alpha value is -5.79. The fraction of sp³-hybridized carbons (Fsp3) is 0.111. The molecule has 0 atom stereocenters. The Morgan fingerprint density at radius 2 is 0.872 bits per heavy atom. The first-order valence-electron chi connectivity index (χ1n) is 11.4. The lowest BCUT2D eigenvalue weighted by Crippen LogP contribution is -2.52. The van der Waals surface area contributed by atoms with E-state index in [0.29, 0.717) is 16.7 Å². The number of benzene rings is 3. The van der Waals surface area contributed by atoms with Crippen molar-refractivity contribution in [2.24, 2.45) is 15.0 Å². The minimum absolute atomic E-state index is 0.0185. The van der Waals surface area contributed by atoms with Gasteiger partial charge in [0.05, 0.1) is 36.7 Å². The van der Waals surface area contributed by atoms with E-state index in [1.54, 1.807) is 36.4 Å². The van der Waals surface area contributed by atoms with Crippen LogP contribution in [0.2, 0.25) is 0 Å². The fourth-order valence-electron chi connectivity index (χ4n) is 3.87. The van der Waals surface area contributed by atoms with Crippen molar-refractivity contribution >= 4 is 18.2 Å². The third-order valence-corrected chi connectivity index (χ3v) is 5.68. The van der Waals surface area contributed by atoms with E-state index in [1.165, 1.54) is 54.6 Å². The molecule has 0 amide bonds. The number of nitrogens with zero attached hydrogens (tertiary/aromatic N) is 6. The maximum absolute atomic E-state index is 13.7. The van der Waals surface area contributed by atoms with E-state index in [9.17, 15) is 28.8 Å². The molecule has 0 bridgehead atoms. The molecule has 0 N–H and O–H groups in total. The van der Waals surface area contributed by atoms with Crippen LogP contribution in [-0.4, -0.2) is 31.9 Å². The van der Waals surface area contributed by atoms with Gasteiger partial charge < -0.3 is 0 Å². The molecule has 12 nitrogen and oxygen atoms in total. The highest BCUT2D eigenvalue weighted by Crippen LogP contribution is 2.12. The van der Waals surface area contributed by atoms with E-state index in [0.717, 1.165) is 13.7 Å². The van der Waals surface area contributed by atoms with E-state index in [1.807, 2.05) is 0 Å². The van der Waals surface area contributed by atoms with E-state index in [-0.39, 0.29) is 36.7 Å². The van der Waals surface area contributed by atoms with Crippen LogP contribution in [0, 0.1) is 0 Å². The first-order valence-corrected chi connectivity index (χ1v) is 11.4. The SMILES string of the molecule is O=C=NCc1ccc(-n2c(=O)n(-c3ccc(CN=C=O)cc3)c(=O)n(-c3cccc(CN=C=O)c3)c2=O)cc1. The van der Waals surface area contributed by atoms with Gasteiger partial charge >= 0.3 is 17.1 Å². The van der Waals surface area contributed by atoms with Crippen molar-refractivity contribution < 1.29 is 14.4 Å². The molecule has 0 spiro atoms. The number of hydrogen-bond acceptors (Lipinski definition) is 9. The average molecular weight is 522 g/mol. The Balaban J connectivity index is 1.99. The Bertz CT molecular complexity index is 1750. The highest BCUT2D eigenvalue weighted by molar-refractivity contribution is 5.42. The van der Waals surface area contributed by atoms with Crippen molar-refractivity contribution in [1.29, 1.82) is 0 Å². The molecule has 4 rings (SSSR count). The van der Waals surface area contributed by atoms with Gasteiger partial charge in [-0.15, -0.1) is 0 Å². The van der Waals surface area contributed by atoms with Gasteiger partial charge in [0, 0.05) is 0 Å². The van der Waals surface area contributed by atoms with Gasteiger partial charge in [0.2, 0.25) is 18.2 Å². The molecule has 1 aromatic heterocycles. The van der Waals surface area contributed by atoms with Crippen LogP contribution < -0.4 is 17.1 Å². The molecule has 0 aliphatic rings. The standard InChI is InChI=1S/C27H18N6O6/c34-16-28-13-19-4-8-22(9-5-19)31-25(37)32(23-10-6-20(7-11-23)14-29-17-35)27(39)33(26(31)38)24-3-1-2-21(12-24)15-30-18-36/h1-12H,13-15H2. The summed E-state index contributed by atoms with van der Waals surface area (Å²) < 4.78 is 2.52. The molecule has 3 aromatic carbocycles. The van der Waals surface area contributed by atoms with Crippen molar-refractivity contribution in [2.75, 3.05) is 0 Å². The molecule has 0 radical (unpaired) electrons. The van der Waals surface area contributed by atoms with Gasteiger partial charge in [-0.25, -0.2) is 57.4 Å². The van der Waals surface area contributed by atoms with Crippen LogP contribution >= 0.6 is 0 Å². The van der Waals surface area contributed by atoms with E-state index >= 15 is 0 Å². The van der Waals surface area contributed by atoms with Crippen LogP contribution in [0.25, 0.3) is 17.1 Å². The lowest BCUT2D eigenvalue weighted by molar-refractivity contribution is 0.562. The summed E-state index contributed by atoms with van der Waals surface area (Å²) in [6.07, 6.45) is 4.33. The highest BCUT2D eigenvalue weighted by Gasteiger charge is 2.19. The van der Waals surface area contributed by atoms with Crippen LogP contribution in [0.15, 0.2) is 102 Å². The zero-order valence-corrected chi connectivity index (χ0v) is 20.2. The minimum atomic E-state index is -0.923. The third-order valence-electron chi connectivity index (χ3n) is 5.68. The Kier molecular flexibility index (Phi) is 8.06. The Morgan fingerprint density at radius 3 is 1.28 bits per heavy atom. The van der Waals surface area contributed by atoms with Crippen molar-refractivity contribution in [2.45, 2.75) is 19.6 Å². The van der Waals surface area contributed by atoms with E-state index in [4.69, 9.17) is 0 Å². The largest absolute Gasteiger partial charge is 0.345 e. The van der Waals surface area contributed by atoms with Gasteiger partial charge in [-0.05, 0) is 53.1 Å². The molecule has 0 fully saturated rings. The summed E-state index contributed by atoms with van der Waals surface area (Å²) in [4.78, 5) is 82.9. The zero-order valence-electron chi connectivity index (χ0n) is 20.2.